The Bertz CT molecular complexity index is 1960. The second-order valence-electron chi connectivity index (χ2n) is 10.3. The summed E-state index contributed by atoms with van der Waals surface area (Å²) in [6, 6.07) is 34.0. The van der Waals surface area contributed by atoms with Crippen LogP contribution in [0.3, 0.4) is 0 Å². The number of hydrogen-bond donors (Lipinski definition) is 0. The van der Waals surface area contributed by atoms with Gasteiger partial charge in [0.15, 0.2) is 11.5 Å². The molecule has 0 saturated carbocycles. The standard InChI is InChI=1S/C36H25F3N2O3/c1-42-25-18-23(19-26(20-25)43-2)28-21-29(22-14-16-24(17-15-22)36(37,38)39)40-35-27(28)8-7-11-32(35)41-30-9-3-5-12-33(30)44-34-13-6-4-10-31(34)41/h3-21H,1-2H3. The van der Waals surface area contributed by atoms with Crippen LogP contribution in [0.1, 0.15) is 5.56 Å². The number of alkyl halides is 3. The summed E-state index contributed by atoms with van der Waals surface area (Å²) in [5.74, 6) is 2.60. The van der Waals surface area contributed by atoms with Gasteiger partial charge in [-0.1, -0.05) is 48.5 Å². The normalized spacial score (nSPS) is 12.3. The van der Waals surface area contributed by atoms with Gasteiger partial charge in [0.2, 0.25) is 0 Å². The number of halogens is 3. The molecule has 0 amide bonds. The fourth-order valence-corrected chi connectivity index (χ4v) is 5.56. The van der Waals surface area contributed by atoms with Crippen LogP contribution >= 0.6 is 0 Å². The third kappa shape index (κ3) is 4.74. The molecule has 1 aliphatic rings. The summed E-state index contributed by atoms with van der Waals surface area (Å²) < 4.78 is 57.6. The van der Waals surface area contributed by atoms with E-state index in [-0.39, 0.29) is 0 Å². The number of fused-ring (bicyclic) bond motifs is 3. The van der Waals surface area contributed by atoms with E-state index in [4.69, 9.17) is 19.2 Å². The fourth-order valence-electron chi connectivity index (χ4n) is 5.56. The summed E-state index contributed by atoms with van der Waals surface area (Å²) in [5, 5.41) is 0.843. The average Bonchev–Trinajstić information content (AvgIpc) is 3.05. The van der Waals surface area contributed by atoms with Crippen LogP contribution in [-0.2, 0) is 6.18 Å². The predicted molar refractivity (Wildman–Crippen MR) is 165 cm³/mol. The molecule has 2 heterocycles. The number of pyridine rings is 1. The van der Waals surface area contributed by atoms with Gasteiger partial charge in [-0.2, -0.15) is 13.2 Å². The van der Waals surface area contributed by atoms with Gasteiger partial charge in [-0.3, -0.25) is 0 Å². The van der Waals surface area contributed by atoms with Crippen molar-refractivity contribution in [3.05, 3.63) is 121 Å². The summed E-state index contributed by atoms with van der Waals surface area (Å²) in [6.45, 7) is 0. The van der Waals surface area contributed by atoms with Crippen LogP contribution in [0.25, 0.3) is 33.3 Å². The van der Waals surface area contributed by atoms with E-state index in [0.29, 0.717) is 39.8 Å². The number of aromatic nitrogens is 1. The number of rotatable bonds is 5. The number of hydrogen-bond acceptors (Lipinski definition) is 5. The molecule has 0 atom stereocenters. The third-order valence-electron chi connectivity index (χ3n) is 7.66. The summed E-state index contributed by atoms with van der Waals surface area (Å²) in [6.07, 6.45) is -4.44. The highest BCUT2D eigenvalue weighted by Crippen LogP contribution is 2.52. The molecule has 5 aromatic carbocycles. The van der Waals surface area contributed by atoms with Gasteiger partial charge in [-0.05, 0) is 71.8 Å². The van der Waals surface area contributed by atoms with Crippen molar-refractivity contribution in [2.24, 2.45) is 0 Å². The first kappa shape index (κ1) is 27.3. The minimum absolute atomic E-state index is 0.519. The number of nitrogens with zero attached hydrogens (tertiary/aromatic N) is 2. The van der Waals surface area contributed by atoms with Crippen LogP contribution in [0.5, 0.6) is 23.0 Å². The van der Waals surface area contributed by atoms with Crippen LogP contribution in [0, 0.1) is 0 Å². The molecule has 0 unspecified atom stereocenters. The Kier molecular flexibility index (Phi) is 6.62. The Morgan fingerprint density at radius 1 is 0.636 bits per heavy atom. The molecule has 44 heavy (non-hydrogen) atoms. The number of anilines is 3. The lowest BCUT2D eigenvalue weighted by Crippen LogP contribution is -2.16. The Labute approximate surface area is 251 Å². The van der Waals surface area contributed by atoms with E-state index in [0.717, 1.165) is 45.7 Å². The fraction of sp³-hybridized carbons (Fsp3) is 0.0833. The molecule has 8 heteroatoms. The van der Waals surface area contributed by atoms with Gasteiger partial charge in [0.25, 0.3) is 0 Å². The van der Waals surface area contributed by atoms with Crippen molar-refractivity contribution in [1.29, 1.82) is 0 Å². The maximum Gasteiger partial charge on any atom is 0.416 e. The predicted octanol–water partition coefficient (Wildman–Crippen LogP) is 10.2. The molecule has 0 aliphatic carbocycles. The molecule has 0 fully saturated rings. The molecule has 7 rings (SSSR count). The number of para-hydroxylation sites is 5. The van der Waals surface area contributed by atoms with Crippen LogP contribution in [-0.4, -0.2) is 19.2 Å². The Hall–Kier alpha value is -5.50. The maximum absolute atomic E-state index is 13.4. The zero-order chi connectivity index (χ0) is 30.4. The first-order valence-corrected chi connectivity index (χ1v) is 13.8. The van der Waals surface area contributed by atoms with Gasteiger partial charge in [0, 0.05) is 17.0 Å². The van der Waals surface area contributed by atoms with Gasteiger partial charge in [0.05, 0.1) is 48.1 Å². The lowest BCUT2D eigenvalue weighted by molar-refractivity contribution is -0.137. The van der Waals surface area contributed by atoms with E-state index in [1.54, 1.807) is 20.3 Å². The van der Waals surface area contributed by atoms with Crippen molar-refractivity contribution in [2.75, 3.05) is 19.1 Å². The molecule has 1 aromatic heterocycles. The second-order valence-corrected chi connectivity index (χ2v) is 10.3. The highest BCUT2D eigenvalue weighted by atomic mass is 19.4. The third-order valence-corrected chi connectivity index (χ3v) is 7.66. The van der Waals surface area contributed by atoms with Crippen molar-refractivity contribution in [3.8, 4) is 45.4 Å². The van der Waals surface area contributed by atoms with E-state index in [9.17, 15) is 13.2 Å². The molecule has 0 spiro atoms. The highest BCUT2D eigenvalue weighted by molar-refractivity contribution is 6.06. The maximum atomic E-state index is 13.4. The molecule has 0 radical (unpaired) electrons. The molecule has 5 nitrogen and oxygen atoms in total. The van der Waals surface area contributed by atoms with Crippen molar-refractivity contribution >= 4 is 28.0 Å². The summed E-state index contributed by atoms with van der Waals surface area (Å²) >= 11 is 0. The first-order valence-electron chi connectivity index (χ1n) is 13.8. The quantitative estimate of drug-likeness (QED) is 0.200. The van der Waals surface area contributed by atoms with E-state index in [1.807, 2.05) is 84.9 Å². The van der Waals surface area contributed by atoms with Gasteiger partial charge in [0.1, 0.15) is 11.5 Å². The summed E-state index contributed by atoms with van der Waals surface area (Å²) in [5.41, 5.74) is 5.10. The van der Waals surface area contributed by atoms with Gasteiger partial charge < -0.3 is 19.1 Å². The van der Waals surface area contributed by atoms with E-state index < -0.39 is 11.7 Å². The van der Waals surface area contributed by atoms with Crippen LogP contribution in [0.2, 0.25) is 0 Å². The van der Waals surface area contributed by atoms with E-state index in [1.165, 1.54) is 12.1 Å². The number of benzene rings is 5. The Morgan fingerprint density at radius 2 is 1.23 bits per heavy atom. The minimum atomic E-state index is -4.44. The number of methoxy groups -OCH3 is 2. The smallest absolute Gasteiger partial charge is 0.416 e. The molecule has 1 aliphatic heterocycles. The van der Waals surface area contributed by atoms with Gasteiger partial charge in [-0.15, -0.1) is 0 Å². The van der Waals surface area contributed by atoms with Crippen LogP contribution in [0.15, 0.2) is 115 Å². The monoisotopic (exact) mass is 590 g/mol. The SMILES string of the molecule is COc1cc(OC)cc(-c2cc(-c3ccc(C(F)(F)F)cc3)nc3c(N4c5ccccc5Oc5ccccc54)cccc23)c1. The molecule has 0 bridgehead atoms. The second kappa shape index (κ2) is 10.6. The highest BCUT2D eigenvalue weighted by Gasteiger charge is 2.30. The summed E-state index contributed by atoms with van der Waals surface area (Å²) in [4.78, 5) is 7.21. The van der Waals surface area contributed by atoms with Gasteiger partial charge >= 0.3 is 6.18 Å². The first-order chi connectivity index (χ1) is 21.3. The summed E-state index contributed by atoms with van der Waals surface area (Å²) in [7, 11) is 3.17. The topological polar surface area (TPSA) is 43.8 Å². The Balaban J connectivity index is 1.53. The van der Waals surface area contributed by atoms with Crippen molar-refractivity contribution in [1.82, 2.24) is 4.98 Å². The Morgan fingerprint density at radius 3 is 1.82 bits per heavy atom. The van der Waals surface area contributed by atoms with Crippen LogP contribution < -0.4 is 19.1 Å². The lowest BCUT2D eigenvalue weighted by atomic mass is 9.96. The molecule has 0 N–H and O–H groups in total. The zero-order valence-corrected chi connectivity index (χ0v) is 23.7. The molecule has 0 saturated heterocycles. The van der Waals surface area contributed by atoms with E-state index >= 15 is 0 Å². The lowest BCUT2D eigenvalue weighted by Gasteiger charge is -2.33. The van der Waals surface area contributed by atoms with Crippen LogP contribution in [0.4, 0.5) is 30.2 Å². The average molecular weight is 591 g/mol. The largest absolute Gasteiger partial charge is 0.497 e. The number of ether oxygens (including phenoxy) is 3. The molecular weight excluding hydrogens is 565 g/mol. The zero-order valence-electron chi connectivity index (χ0n) is 23.7. The molecule has 6 aromatic rings. The van der Waals surface area contributed by atoms with Gasteiger partial charge in [-0.25, -0.2) is 4.98 Å². The van der Waals surface area contributed by atoms with E-state index in [2.05, 4.69) is 4.90 Å². The van der Waals surface area contributed by atoms with Crippen molar-refractivity contribution in [2.45, 2.75) is 6.18 Å². The molecular formula is C36H25F3N2O3. The molecule has 218 valence electrons. The minimum Gasteiger partial charge on any atom is -0.497 e. The van der Waals surface area contributed by atoms with Crippen molar-refractivity contribution in [3.63, 3.8) is 0 Å². The van der Waals surface area contributed by atoms with Crippen molar-refractivity contribution < 1.29 is 27.4 Å².